The Morgan fingerprint density at radius 2 is 2.15 bits per heavy atom. The van der Waals surface area contributed by atoms with Gasteiger partial charge in [0.1, 0.15) is 0 Å². The van der Waals surface area contributed by atoms with Crippen LogP contribution in [0.25, 0.3) is 0 Å². The first kappa shape index (κ1) is 18.8. The minimum Gasteiger partial charge on any atom is -0.357 e. The number of aromatic nitrogens is 2. The van der Waals surface area contributed by atoms with Crippen LogP contribution in [0.1, 0.15) is 31.9 Å². The molecule has 0 bridgehead atoms. The highest BCUT2D eigenvalue weighted by molar-refractivity contribution is 6.30. The van der Waals surface area contributed by atoms with Gasteiger partial charge in [0.05, 0.1) is 12.4 Å². The van der Waals surface area contributed by atoms with Crippen LogP contribution in [0.3, 0.4) is 0 Å². The molecule has 0 aliphatic carbocycles. The highest BCUT2D eigenvalue weighted by Gasteiger charge is 2.28. The van der Waals surface area contributed by atoms with E-state index in [0.29, 0.717) is 12.0 Å². The number of nitrogens with one attached hydrogen (secondary N) is 1. The van der Waals surface area contributed by atoms with Crippen LogP contribution in [0.2, 0.25) is 5.02 Å². The fourth-order valence-corrected chi connectivity index (χ4v) is 3.59. The number of hydrogen-bond donors (Lipinski definition) is 1. The molecule has 1 aliphatic rings. The second kappa shape index (κ2) is 9.08. The smallest absolute Gasteiger partial charge is 0.193 e. The van der Waals surface area contributed by atoms with E-state index in [0.717, 1.165) is 50.0 Å². The molecule has 1 saturated heterocycles. The van der Waals surface area contributed by atoms with Gasteiger partial charge in [-0.2, -0.15) is 0 Å². The van der Waals surface area contributed by atoms with E-state index in [1.54, 1.807) is 0 Å². The van der Waals surface area contributed by atoms with Crippen molar-refractivity contribution in [3.63, 3.8) is 0 Å². The Hall–Kier alpha value is -2.01. The first-order chi connectivity index (χ1) is 12.7. The first-order valence-corrected chi connectivity index (χ1v) is 9.80. The van der Waals surface area contributed by atoms with Gasteiger partial charge in [-0.05, 0) is 43.4 Å². The third kappa shape index (κ3) is 4.79. The van der Waals surface area contributed by atoms with Gasteiger partial charge in [-0.1, -0.05) is 30.7 Å². The Balaban J connectivity index is 1.65. The molecule has 0 spiro atoms. The van der Waals surface area contributed by atoms with Gasteiger partial charge in [-0.25, -0.2) is 4.98 Å². The molecule has 2 atom stereocenters. The summed E-state index contributed by atoms with van der Waals surface area (Å²) in [4.78, 5) is 11.5. The van der Waals surface area contributed by atoms with E-state index in [9.17, 15) is 0 Å². The van der Waals surface area contributed by atoms with Crippen LogP contribution in [0, 0.1) is 5.92 Å². The van der Waals surface area contributed by atoms with Crippen LogP contribution in [-0.2, 0) is 6.42 Å². The number of rotatable bonds is 5. The van der Waals surface area contributed by atoms with E-state index < -0.39 is 0 Å². The van der Waals surface area contributed by atoms with Crippen molar-refractivity contribution in [2.45, 2.75) is 32.7 Å². The average molecular weight is 374 g/mol. The fraction of sp³-hybridized carbons (Fsp3) is 0.500. The Kier molecular flexibility index (Phi) is 6.56. The highest BCUT2D eigenvalue weighted by Crippen LogP contribution is 2.27. The summed E-state index contributed by atoms with van der Waals surface area (Å²) in [6.45, 7) is 8.10. The second-order valence-corrected chi connectivity index (χ2v) is 7.34. The fourth-order valence-electron chi connectivity index (χ4n) is 3.46. The molecule has 2 unspecified atom stereocenters. The molecule has 3 rings (SSSR count). The minimum atomic E-state index is 0.436. The van der Waals surface area contributed by atoms with Gasteiger partial charge in [-0.3, -0.25) is 4.99 Å². The van der Waals surface area contributed by atoms with E-state index in [4.69, 9.17) is 16.6 Å². The predicted octanol–water partition coefficient (Wildman–Crippen LogP) is 3.63. The van der Waals surface area contributed by atoms with Crippen LogP contribution in [0.5, 0.6) is 0 Å². The number of aliphatic imine (C=N–C) groups is 1. The topological polar surface area (TPSA) is 45.5 Å². The summed E-state index contributed by atoms with van der Waals surface area (Å²) in [5, 5.41) is 4.23. The van der Waals surface area contributed by atoms with E-state index in [-0.39, 0.29) is 0 Å². The molecule has 5 nitrogen and oxygen atoms in total. The van der Waals surface area contributed by atoms with Crippen molar-refractivity contribution in [2.24, 2.45) is 10.9 Å². The Morgan fingerprint density at radius 3 is 2.85 bits per heavy atom. The monoisotopic (exact) mass is 373 g/mol. The molecule has 2 heterocycles. The lowest BCUT2D eigenvalue weighted by Gasteiger charge is -2.39. The number of halogens is 1. The maximum atomic E-state index is 5.96. The van der Waals surface area contributed by atoms with Crippen LogP contribution < -0.4 is 5.32 Å². The first-order valence-electron chi connectivity index (χ1n) is 9.42. The Bertz CT molecular complexity index is 696. The van der Waals surface area contributed by atoms with E-state index in [2.05, 4.69) is 51.9 Å². The van der Waals surface area contributed by atoms with Gasteiger partial charge in [0.15, 0.2) is 5.96 Å². The highest BCUT2D eigenvalue weighted by atomic mass is 35.5. The average Bonchev–Trinajstić information content (AvgIpc) is 3.17. The minimum absolute atomic E-state index is 0.436. The molecule has 1 fully saturated rings. The van der Waals surface area contributed by atoms with Crippen LogP contribution in [-0.4, -0.2) is 46.6 Å². The van der Waals surface area contributed by atoms with E-state index >= 15 is 0 Å². The molecule has 2 aromatic rings. The summed E-state index contributed by atoms with van der Waals surface area (Å²) >= 11 is 5.96. The zero-order valence-electron chi connectivity index (χ0n) is 15.6. The van der Waals surface area contributed by atoms with Crippen molar-refractivity contribution >= 4 is 17.6 Å². The van der Waals surface area contributed by atoms with Crippen molar-refractivity contribution in [3.8, 4) is 0 Å². The zero-order chi connectivity index (χ0) is 18.4. The summed E-state index contributed by atoms with van der Waals surface area (Å²) in [5.41, 5.74) is 1.26. The molecule has 26 heavy (non-hydrogen) atoms. The predicted molar refractivity (Wildman–Crippen MR) is 108 cm³/mol. The lowest BCUT2D eigenvalue weighted by atomic mass is 9.93. The van der Waals surface area contributed by atoms with Gasteiger partial charge in [0, 0.05) is 43.6 Å². The zero-order valence-corrected chi connectivity index (χ0v) is 16.4. The molecular weight excluding hydrogens is 346 g/mol. The summed E-state index contributed by atoms with van der Waals surface area (Å²) in [5.74, 6) is 1.65. The van der Waals surface area contributed by atoms with Crippen LogP contribution in [0.4, 0.5) is 0 Å². The molecule has 6 heteroatoms. The number of benzene rings is 1. The molecule has 0 radical (unpaired) electrons. The maximum absolute atomic E-state index is 5.96. The normalized spacial score (nSPS) is 21.0. The van der Waals surface area contributed by atoms with Crippen LogP contribution >= 0.6 is 11.6 Å². The molecule has 1 aliphatic heterocycles. The number of imidazole rings is 1. The lowest BCUT2D eigenvalue weighted by Crippen LogP contribution is -2.49. The summed E-state index contributed by atoms with van der Waals surface area (Å²) in [6.07, 6.45) is 7.92. The Morgan fingerprint density at radius 1 is 1.35 bits per heavy atom. The summed E-state index contributed by atoms with van der Waals surface area (Å²) in [7, 11) is 0. The SMILES string of the molecule is CCNC(=NCCc1ccc(Cl)cc1)N1CCC(C)C(n2ccnc2)C1. The van der Waals surface area contributed by atoms with Gasteiger partial charge in [-0.15, -0.1) is 0 Å². The lowest BCUT2D eigenvalue weighted by molar-refractivity contribution is 0.189. The van der Waals surface area contributed by atoms with Crippen molar-refractivity contribution in [3.05, 3.63) is 53.6 Å². The quantitative estimate of drug-likeness (QED) is 0.643. The van der Waals surface area contributed by atoms with Gasteiger partial charge < -0.3 is 14.8 Å². The third-order valence-electron chi connectivity index (χ3n) is 5.04. The third-order valence-corrected chi connectivity index (χ3v) is 5.29. The van der Waals surface area contributed by atoms with Crippen molar-refractivity contribution in [1.82, 2.24) is 19.8 Å². The summed E-state index contributed by atoms with van der Waals surface area (Å²) < 4.78 is 2.23. The molecule has 1 N–H and O–H groups in total. The number of hydrogen-bond acceptors (Lipinski definition) is 2. The summed E-state index contributed by atoms with van der Waals surface area (Å²) in [6, 6.07) is 8.46. The molecule has 0 amide bonds. The standard InChI is InChI=1S/C20H28ClN5/c1-3-23-20(24-10-8-17-4-6-18(21)7-5-17)25-12-9-16(2)19(14-25)26-13-11-22-15-26/h4-7,11,13,15-16,19H,3,8-10,12,14H2,1-2H3,(H,23,24). The largest absolute Gasteiger partial charge is 0.357 e. The van der Waals surface area contributed by atoms with Crippen molar-refractivity contribution < 1.29 is 0 Å². The van der Waals surface area contributed by atoms with E-state index in [1.807, 2.05) is 24.7 Å². The molecule has 1 aromatic carbocycles. The molecule has 140 valence electrons. The second-order valence-electron chi connectivity index (χ2n) is 6.90. The Labute approximate surface area is 161 Å². The van der Waals surface area contributed by atoms with Crippen molar-refractivity contribution in [2.75, 3.05) is 26.2 Å². The molecule has 1 aromatic heterocycles. The van der Waals surface area contributed by atoms with Gasteiger partial charge in [0.2, 0.25) is 0 Å². The number of likely N-dealkylation sites (tertiary alicyclic amines) is 1. The van der Waals surface area contributed by atoms with Gasteiger partial charge >= 0.3 is 0 Å². The molecular formula is C20H28ClN5. The van der Waals surface area contributed by atoms with Gasteiger partial charge in [0.25, 0.3) is 0 Å². The van der Waals surface area contributed by atoms with E-state index in [1.165, 1.54) is 5.56 Å². The van der Waals surface area contributed by atoms with Crippen molar-refractivity contribution in [1.29, 1.82) is 0 Å². The number of nitrogens with zero attached hydrogens (tertiary/aromatic N) is 4. The molecule has 0 saturated carbocycles. The van der Waals surface area contributed by atoms with Crippen LogP contribution in [0.15, 0.2) is 48.0 Å². The number of guanidine groups is 1. The number of piperidine rings is 1. The maximum Gasteiger partial charge on any atom is 0.193 e.